The fourth-order valence-corrected chi connectivity index (χ4v) is 1.25. The first-order chi connectivity index (χ1) is 7.15. The molecule has 0 aliphatic carbocycles. The maximum absolute atomic E-state index is 9.14. The summed E-state index contributed by atoms with van der Waals surface area (Å²) in [6.07, 6.45) is 2.48. The van der Waals surface area contributed by atoms with E-state index in [-0.39, 0.29) is 0 Å². The number of benzene rings is 1. The molecule has 0 aliphatic rings. The van der Waals surface area contributed by atoms with Gasteiger partial charge in [-0.25, -0.2) is 0 Å². The van der Waals surface area contributed by atoms with Crippen LogP contribution in [-0.2, 0) is 0 Å². The zero-order chi connectivity index (χ0) is 11.3. The van der Waals surface area contributed by atoms with Crippen LogP contribution in [0.5, 0.6) is 5.75 Å². The highest BCUT2D eigenvalue weighted by atomic mass is 16.5. The molecule has 0 aliphatic heterocycles. The third-order valence-corrected chi connectivity index (χ3v) is 2.02. The van der Waals surface area contributed by atoms with Crippen LogP contribution in [0.25, 0.3) is 0 Å². The highest BCUT2D eigenvalue weighted by Crippen LogP contribution is 2.10. The Balaban J connectivity index is 2.81. The maximum atomic E-state index is 9.14. The molecule has 0 bridgehead atoms. The molecule has 0 saturated carbocycles. The molecule has 1 rings (SSSR count). The van der Waals surface area contributed by atoms with Gasteiger partial charge in [0.1, 0.15) is 5.75 Å². The number of rotatable bonds is 5. The summed E-state index contributed by atoms with van der Waals surface area (Å²) in [4.78, 5) is 0. The molecule has 0 heterocycles. The fourth-order valence-electron chi connectivity index (χ4n) is 1.25. The second-order valence-electron chi connectivity index (χ2n) is 3.34. The maximum Gasteiger partial charge on any atom is 0.492 e. The van der Waals surface area contributed by atoms with E-state index in [1.54, 1.807) is 18.2 Å². The predicted molar refractivity (Wildman–Crippen MR) is 61.3 cm³/mol. The smallest absolute Gasteiger partial charge is 0.492 e. The van der Waals surface area contributed by atoms with Gasteiger partial charge in [-0.15, -0.1) is 6.58 Å². The third kappa shape index (κ3) is 3.42. The third-order valence-electron chi connectivity index (χ3n) is 2.02. The molecule has 2 N–H and O–H groups in total. The number of aryl methyl sites for hydroxylation is 1. The molecular formula is C11H15BO3. The van der Waals surface area contributed by atoms with E-state index in [1.165, 1.54) is 0 Å². The molecule has 0 spiro atoms. The Morgan fingerprint density at radius 2 is 2.20 bits per heavy atom. The van der Waals surface area contributed by atoms with Crippen molar-refractivity contribution in [1.29, 1.82) is 0 Å². The summed E-state index contributed by atoms with van der Waals surface area (Å²) in [5, 5.41) is 18.3. The van der Waals surface area contributed by atoms with Gasteiger partial charge in [-0.05, 0) is 19.4 Å². The Hall–Kier alpha value is -1.26. The highest BCUT2D eigenvalue weighted by molar-refractivity contribution is 6.59. The molecule has 0 saturated heterocycles. The molecule has 80 valence electrons. The van der Waals surface area contributed by atoms with E-state index in [4.69, 9.17) is 14.8 Å². The lowest BCUT2D eigenvalue weighted by atomic mass is 9.79. The van der Waals surface area contributed by atoms with Gasteiger partial charge in [0.05, 0.1) is 6.61 Å². The van der Waals surface area contributed by atoms with Gasteiger partial charge in [0, 0.05) is 5.46 Å². The zero-order valence-electron chi connectivity index (χ0n) is 8.81. The Bertz CT molecular complexity index is 337. The molecule has 0 atom stereocenters. The van der Waals surface area contributed by atoms with Gasteiger partial charge in [-0.1, -0.05) is 23.8 Å². The zero-order valence-corrected chi connectivity index (χ0v) is 8.81. The van der Waals surface area contributed by atoms with E-state index in [1.807, 2.05) is 13.0 Å². The summed E-state index contributed by atoms with van der Waals surface area (Å²) in [6.45, 7) is 5.97. The molecule has 0 aromatic heterocycles. The van der Waals surface area contributed by atoms with Gasteiger partial charge in [0.15, 0.2) is 0 Å². The molecular weight excluding hydrogens is 191 g/mol. The summed E-state index contributed by atoms with van der Waals surface area (Å²) >= 11 is 0. The van der Waals surface area contributed by atoms with Gasteiger partial charge >= 0.3 is 7.12 Å². The summed E-state index contributed by atoms with van der Waals surface area (Å²) in [7, 11) is -1.50. The van der Waals surface area contributed by atoms with Crippen LogP contribution in [0.1, 0.15) is 12.0 Å². The second-order valence-corrected chi connectivity index (χ2v) is 3.34. The average Bonchev–Trinajstić information content (AvgIpc) is 2.20. The van der Waals surface area contributed by atoms with Crippen LogP contribution in [0.15, 0.2) is 30.9 Å². The Kier molecular flexibility index (Phi) is 4.40. The number of hydrogen-bond acceptors (Lipinski definition) is 3. The first-order valence-corrected chi connectivity index (χ1v) is 4.85. The van der Waals surface area contributed by atoms with E-state index < -0.39 is 7.12 Å². The predicted octanol–water partition coefficient (Wildman–Crippen LogP) is 0.630. The van der Waals surface area contributed by atoms with Crippen LogP contribution in [0, 0.1) is 6.92 Å². The minimum atomic E-state index is -1.50. The minimum Gasteiger partial charge on any atom is -0.494 e. The number of hydrogen-bond donors (Lipinski definition) is 2. The van der Waals surface area contributed by atoms with Crippen molar-refractivity contribution >= 4 is 12.6 Å². The minimum absolute atomic E-state index is 0.402. The lowest BCUT2D eigenvalue weighted by molar-refractivity contribution is 0.325. The van der Waals surface area contributed by atoms with E-state index in [2.05, 4.69) is 6.58 Å². The van der Waals surface area contributed by atoms with Crippen LogP contribution in [-0.4, -0.2) is 23.8 Å². The van der Waals surface area contributed by atoms with Gasteiger partial charge in [0.2, 0.25) is 0 Å². The molecule has 0 fully saturated rings. The van der Waals surface area contributed by atoms with Crippen molar-refractivity contribution < 1.29 is 14.8 Å². The lowest BCUT2D eigenvalue weighted by Gasteiger charge is -2.10. The summed E-state index contributed by atoms with van der Waals surface area (Å²) in [6, 6.07) is 5.32. The quantitative estimate of drug-likeness (QED) is 0.422. The topological polar surface area (TPSA) is 49.7 Å². The monoisotopic (exact) mass is 206 g/mol. The van der Waals surface area contributed by atoms with Crippen LogP contribution in [0.2, 0.25) is 0 Å². The summed E-state index contributed by atoms with van der Waals surface area (Å²) < 4.78 is 5.40. The Labute approximate surface area is 90.2 Å². The summed E-state index contributed by atoms with van der Waals surface area (Å²) in [5.41, 5.74) is 1.37. The van der Waals surface area contributed by atoms with E-state index in [0.29, 0.717) is 17.8 Å². The first-order valence-electron chi connectivity index (χ1n) is 4.85. The van der Waals surface area contributed by atoms with Crippen molar-refractivity contribution in [3.05, 3.63) is 36.4 Å². The largest absolute Gasteiger partial charge is 0.494 e. The van der Waals surface area contributed by atoms with Crippen molar-refractivity contribution in [2.45, 2.75) is 13.3 Å². The van der Waals surface area contributed by atoms with Crippen molar-refractivity contribution in [2.24, 2.45) is 0 Å². The molecule has 15 heavy (non-hydrogen) atoms. The lowest BCUT2D eigenvalue weighted by Crippen LogP contribution is -2.31. The standard InChI is InChI=1S/C11H15BO3/c1-3-4-7-15-11-6-5-9(2)8-10(11)12(13)14/h3,5-6,8,13-14H,1,4,7H2,2H3. The Morgan fingerprint density at radius 1 is 1.47 bits per heavy atom. The van der Waals surface area contributed by atoms with Gasteiger partial charge in [-0.2, -0.15) is 0 Å². The van der Waals surface area contributed by atoms with Crippen LogP contribution in [0.4, 0.5) is 0 Å². The SMILES string of the molecule is C=CCCOc1ccc(C)cc1B(O)O. The van der Waals surface area contributed by atoms with Crippen LogP contribution < -0.4 is 10.2 Å². The van der Waals surface area contributed by atoms with Crippen molar-refractivity contribution in [3.63, 3.8) is 0 Å². The molecule has 0 unspecified atom stereocenters. The van der Waals surface area contributed by atoms with Gasteiger partial charge in [-0.3, -0.25) is 0 Å². The molecule has 0 amide bonds. The van der Waals surface area contributed by atoms with E-state index >= 15 is 0 Å². The van der Waals surface area contributed by atoms with Crippen LogP contribution in [0.3, 0.4) is 0 Å². The highest BCUT2D eigenvalue weighted by Gasteiger charge is 2.16. The summed E-state index contributed by atoms with van der Waals surface area (Å²) in [5.74, 6) is 0.512. The molecule has 0 radical (unpaired) electrons. The van der Waals surface area contributed by atoms with E-state index in [9.17, 15) is 0 Å². The molecule has 4 heteroatoms. The molecule has 1 aromatic rings. The van der Waals surface area contributed by atoms with Crippen LogP contribution >= 0.6 is 0 Å². The first kappa shape index (κ1) is 11.8. The second kappa shape index (κ2) is 5.58. The van der Waals surface area contributed by atoms with Crippen molar-refractivity contribution in [3.8, 4) is 5.75 Å². The average molecular weight is 206 g/mol. The van der Waals surface area contributed by atoms with Crippen molar-refractivity contribution in [2.75, 3.05) is 6.61 Å². The van der Waals surface area contributed by atoms with Crippen molar-refractivity contribution in [1.82, 2.24) is 0 Å². The van der Waals surface area contributed by atoms with Gasteiger partial charge < -0.3 is 14.8 Å². The number of ether oxygens (including phenoxy) is 1. The molecule has 3 nitrogen and oxygen atoms in total. The fraction of sp³-hybridized carbons (Fsp3) is 0.273. The van der Waals surface area contributed by atoms with Gasteiger partial charge in [0.25, 0.3) is 0 Å². The normalized spacial score (nSPS) is 9.80. The van der Waals surface area contributed by atoms with E-state index in [0.717, 1.165) is 12.0 Å². The Morgan fingerprint density at radius 3 is 2.80 bits per heavy atom. The molecule has 1 aromatic carbocycles.